The van der Waals surface area contributed by atoms with Crippen LogP contribution in [0.1, 0.15) is 31.0 Å². The number of aromatic hydroxyl groups is 1. The van der Waals surface area contributed by atoms with Crippen molar-refractivity contribution in [2.75, 3.05) is 0 Å². The lowest BCUT2D eigenvalue weighted by Gasteiger charge is -2.21. The van der Waals surface area contributed by atoms with E-state index in [-0.39, 0.29) is 11.5 Å². The van der Waals surface area contributed by atoms with Crippen LogP contribution < -0.4 is 5.73 Å². The summed E-state index contributed by atoms with van der Waals surface area (Å²) in [6.45, 7) is 4.02. The molecule has 1 heterocycles. The Labute approximate surface area is 101 Å². The second-order valence-electron chi connectivity index (χ2n) is 5.32. The summed E-state index contributed by atoms with van der Waals surface area (Å²) in [4.78, 5) is 3.24. The van der Waals surface area contributed by atoms with Crippen molar-refractivity contribution in [2.24, 2.45) is 5.73 Å². The van der Waals surface area contributed by atoms with E-state index in [4.69, 9.17) is 5.73 Å². The summed E-state index contributed by atoms with van der Waals surface area (Å²) in [5, 5.41) is 11.3. The van der Waals surface area contributed by atoms with Gasteiger partial charge in [0, 0.05) is 33.6 Å². The van der Waals surface area contributed by atoms with Crippen LogP contribution in [0.4, 0.5) is 0 Å². The van der Waals surface area contributed by atoms with Gasteiger partial charge in [0.1, 0.15) is 5.75 Å². The third-order valence-electron chi connectivity index (χ3n) is 4.11. The first-order valence-corrected chi connectivity index (χ1v) is 6.12. The first-order valence-electron chi connectivity index (χ1n) is 6.12. The number of H-pyrrole nitrogens is 1. The zero-order chi connectivity index (χ0) is 12.2. The number of hydrogen-bond donors (Lipinski definition) is 3. The Morgan fingerprint density at radius 2 is 2.12 bits per heavy atom. The third kappa shape index (κ3) is 1.39. The monoisotopic (exact) mass is 230 g/mol. The number of phenolic OH excluding ortho intramolecular Hbond substituents is 1. The molecule has 1 atom stereocenters. The molecule has 3 nitrogen and oxygen atoms in total. The van der Waals surface area contributed by atoms with Gasteiger partial charge in [-0.2, -0.15) is 0 Å². The van der Waals surface area contributed by atoms with Gasteiger partial charge in [-0.15, -0.1) is 0 Å². The number of fused-ring (bicyclic) bond motifs is 1. The molecule has 0 aliphatic heterocycles. The van der Waals surface area contributed by atoms with E-state index in [9.17, 15) is 5.11 Å². The number of aromatic nitrogens is 1. The van der Waals surface area contributed by atoms with E-state index >= 15 is 0 Å². The predicted octanol–water partition coefficient (Wildman–Crippen LogP) is 2.56. The molecular weight excluding hydrogens is 212 g/mol. The van der Waals surface area contributed by atoms with Gasteiger partial charge in [-0.25, -0.2) is 0 Å². The molecule has 90 valence electrons. The Bertz CT molecular complexity index is 579. The highest BCUT2D eigenvalue weighted by atomic mass is 16.3. The molecule has 1 unspecified atom stereocenters. The van der Waals surface area contributed by atoms with Gasteiger partial charge in [-0.3, -0.25) is 0 Å². The summed E-state index contributed by atoms with van der Waals surface area (Å²) in [7, 11) is 0. The van der Waals surface area contributed by atoms with E-state index in [2.05, 4.69) is 4.98 Å². The average Bonchev–Trinajstić information content (AvgIpc) is 2.97. The highest BCUT2D eigenvalue weighted by molar-refractivity contribution is 5.88. The molecule has 0 spiro atoms. The minimum atomic E-state index is 0.00342. The summed E-state index contributed by atoms with van der Waals surface area (Å²) in [6, 6.07) is 6.14. The van der Waals surface area contributed by atoms with Crippen molar-refractivity contribution >= 4 is 10.9 Å². The molecular formula is C14H18N2O. The van der Waals surface area contributed by atoms with E-state index in [0.717, 1.165) is 35.0 Å². The normalized spacial score (nSPS) is 19.5. The van der Waals surface area contributed by atoms with Gasteiger partial charge in [0.25, 0.3) is 0 Å². The molecule has 3 heteroatoms. The number of aryl methyl sites for hydroxylation is 1. The maximum absolute atomic E-state index is 10.4. The smallest absolute Gasteiger partial charge is 0.128 e. The van der Waals surface area contributed by atoms with Crippen LogP contribution in [0.2, 0.25) is 0 Å². The Balaban J connectivity index is 2.21. The van der Waals surface area contributed by atoms with E-state index < -0.39 is 0 Å². The quantitative estimate of drug-likeness (QED) is 0.742. The molecule has 1 aliphatic rings. The van der Waals surface area contributed by atoms with Crippen LogP contribution in [0.3, 0.4) is 0 Å². The van der Waals surface area contributed by atoms with E-state index in [1.54, 1.807) is 0 Å². The van der Waals surface area contributed by atoms with Gasteiger partial charge in [-0.1, -0.05) is 6.07 Å². The summed E-state index contributed by atoms with van der Waals surface area (Å²) >= 11 is 0. The number of benzene rings is 1. The molecule has 0 saturated heterocycles. The molecule has 1 fully saturated rings. The maximum atomic E-state index is 10.4. The lowest BCUT2D eigenvalue weighted by molar-refractivity contribution is 0.452. The molecule has 0 amide bonds. The molecule has 1 aromatic carbocycles. The van der Waals surface area contributed by atoms with Crippen LogP contribution in [0, 0.1) is 6.92 Å². The minimum absolute atomic E-state index is 0.00342. The minimum Gasteiger partial charge on any atom is -0.507 e. The summed E-state index contributed by atoms with van der Waals surface area (Å²) in [5.74, 6) is 0.404. The summed E-state index contributed by atoms with van der Waals surface area (Å²) in [5.41, 5.74) is 9.14. The molecule has 1 aliphatic carbocycles. The van der Waals surface area contributed by atoms with Crippen LogP contribution in [-0.4, -0.2) is 16.1 Å². The van der Waals surface area contributed by atoms with Crippen molar-refractivity contribution in [3.63, 3.8) is 0 Å². The fourth-order valence-corrected chi connectivity index (χ4v) is 2.83. The first kappa shape index (κ1) is 10.7. The van der Waals surface area contributed by atoms with E-state index in [1.807, 2.05) is 32.0 Å². The van der Waals surface area contributed by atoms with E-state index in [1.165, 1.54) is 0 Å². The molecule has 0 bridgehead atoms. The number of rotatable bonds is 2. The highest BCUT2D eigenvalue weighted by Crippen LogP contribution is 2.54. The van der Waals surface area contributed by atoms with Gasteiger partial charge < -0.3 is 15.8 Å². The third-order valence-corrected chi connectivity index (χ3v) is 4.11. The van der Waals surface area contributed by atoms with Crippen molar-refractivity contribution in [3.05, 3.63) is 29.5 Å². The van der Waals surface area contributed by atoms with Crippen molar-refractivity contribution in [3.8, 4) is 5.75 Å². The van der Waals surface area contributed by atoms with Crippen molar-refractivity contribution in [2.45, 2.75) is 38.1 Å². The maximum Gasteiger partial charge on any atom is 0.128 e. The van der Waals surface area contributed by atoms with Crippen LogP contribution in [0.5, 0.6) is 5.75 Å². The fourth-order valence-electron chi connectivity index (χ4n) is 2.83. The van der Waals surface area contributed by atoms with Crippen LogP contribution >= 0.6 is 0 Å². The lowest BCUT2D eigenvalue weighted by atomic mass is 9.88. The van der Waals surface area contributed by atoms with Crippen molar-refractivity contribution < 1.29 is 5.11 Å². The number of aromatic amines is 1. The zero-order valence-corrected chi connectivity index (χ0v) is 10.2. The van der Waals surface area contributed by atoms with Gasteiger partial charge in [0.15, 0.2) is 0 Å². The number of nitrogens with two attached hydrogens (primary N) is 1. The van der Waals surface area contributed by atoms with E-state index in [0.29, 0.717) is 5.75 Å². The molecule has 1 saturated carbocycles. The second-order valence-corrected chi connectivity index (χ2v) is 5.32. The first-order chi connectivity index (χ1) is 8.04. The van der Waals surface area contributed by atoms with Gasteiger partial charge in [-0.05, 0) is 38.8 Å². The predicted molar refractivity (Wildman–Crippen MR) is 69.3 cm³/mol. The zero-order valence-electron chi connectivity index (χ0n) is 10.2. The van der Waals surface area contributed by atoms with Crippen molar-refractivity contribution in [1.82, 2.24) is 4.98 Å². The highest BCUT2D eigenvalue weighted by Gasteiger charge is 2.49. The lowest BCUT2D eigenvalue weighted by Crippen LogP contribution is -2.31. The Hall–Kier alpha value is -1.48. The molecule has 3 rings (SSSR count). The Kier molecular flexibility index (Phi) is 2.05. The number of phenols is 1. The van der Waals surface area contributed by atoms with Crippen LogP contribution in [-0.2, 0) is 5.41 Å². The SMILES string of the molecule is Cc1cc2c(O)c(C3(C(C)N)CC3)ccc2[nH]1. The molecule has 1 aromatic heterocycles. The summed E-state index contributed by atoms with van der Waals surface area (Å²) in [6.07, 6.45) is 2.15. The Morgan fingerprint density at radius 1 is 1.41 bits per heavy atom. The molecule has 17 heavy (non-hydrogen) atoms. The fraction of sp³-hybridized carbons (Fsp3) is 0.429. The van der Waals surface area contributed by atoms with Crippen LogP contribution in [0.25, 0.3) is 10.9 Å². The van der Waals surface area contributed by atoms with Gasteiger partial charge in [0.2, 0.25) is 0 Å². The number of hydrogen-bond acceptors (Lipinski definition) is 2. The molecule has 4 N–H and O–H groups in total. The largest absolute Gasteiger partial charge is 0.507 e. The molecule has 0 radical (unpaired) electrons. The summed E-state index contributed by atoms with van der Waals surface area (Å²) < 4.78 is 0. The second kappa shape index (κ2) is 3.26. The number of nitrogens with one attached hydrogen (secondary N) is 1. The average molecular weight is 230 g/mol. The molecule has 2 aromatic rings. The standard InChI is InChI=1S/C14H18N2O/c1-8-7-10-12(16-8)4-3-11(13(10)17)14(5-6-14)9(2)15/h3-4,7,9,16-17H,5-6,15H2,1-2H3. The van der Waals surface area contributed by atoms with Crippen molar-refractivity contribution in [1.29, 1.82) is 0 Å². The van der Waals surface area contributed by atoms with Gasteiger partial charge in [0.05, 0.1) is 0 Å². The van der Waals surface area contributed by atoms with Crippen LogP contribution in [0.15, 0.2) is 18.2 Å². The van der Waals surface area contributed by atoms with Gasteiger partial charge >= 0.3 is 0 Å². The Morgan fingerprint density at radius 3 is 2.71 bits per heavy atom. The topological polar surface area (TPSA) is 62.0 Å².